The molecule has 1 rings (SSSR count). The van der Waals surface area contributed by atoms with Gasteiger partial charge in [0.05, 0.1) is 0 Å². The predicted octanol–water partition coefficient (Wildman–Crippen LogP) is -1.47. The number of rotatable bonds is 9. The first-order valence-corrected chi connectivity index (χ1v) is 6.73. The van der Waals surface area contributed by atoms with E-state index in [4.69, 9.17) is 10.8 Å². The standard InChI is InChI=1S/C12H20N4O5/c13-9(17)4-3-8(11(19)20)16-12(21)15-6-5-14-10(18)7-1-2-7/h7-8H,1-6H2,(H2,13,17)(H,14,18)(H,19,20)(H2,15,16,21). The van der Waals surface area contributed by atoms with Crippen molar-refractivity contribution in [1.29, 1.82) is 0 Å². The summed E-state index contributed by atoms with van der Waals surface area (Å²) in [6.07, 6.45) is 1.60. The van der Waals surface area contributed by atoms with Crippen molar-refractivity contribution in [2.45, 2.75) is 31.7 Å². The van der Waals surface area contributed by atoms with E-state index in [0.717, 1.165) is 12.8 Å². The molecule has 0 aromatic carbocycles. The van der Waals surface area contributed by atoms with Gasteiger partial charge in [0.15, 0.2) is 0 Å². The molecule has 0 spiro atoms. The first kappa shape index (κ1) is 16.7. The number of amides is 4. The number of primary amides is 1. The molecule has 0 aromatic rings. The van der Waals surface area contributed by atoms with Gasteiger partial charge in [-0.15, -0.1) is 0 Å². The topological polar surface area (TPSA) is 151 Å². The van der Waals surface area contributed by atoms with Crippen LogP contribution in [0.4, 0.5) is 4.79 Å². The first-order valence-electron chi connectivity index (χ1n) is 6.73. The minimum absolute atomic E-state index is 0.0259. The van der Waals surface area contributed by atoms with Gasteiger partial charge in [-0.05, 0) is 19.3 Å². The Kier molecular flexibility index (Phi) is 6.44. The van der Waals surface area contributed by atoms with Crippen LogP contribution in [0.2, 0.25) is 0 Å². The number of carbonyl (C=O) groups is 4. The van der Waals surface area contributed by atoms with Crippen LogP contribution in [-0.2, 0) is 14.4 Å². The van der Waals surface area contributed by atoms with Crippen molar-refractivity contribution in [2.75, 3.05) is 13.1 Å². The van der Waals surface area contributed by atoms with Crippen molar-refractivity contribution in [3.05, 3.63) is 0 Å². The quantitative estimate of drug-likeness (QED) is 0.329. The molecule has 1 aliphatic rings. The smallest absolute Gasteiger partial charge is 0.326 e. The molecule has 0 heterocycles. The number of carboxylic acids is 1. The van der Waals surface area contributed by atoms with E-state index >= 15 is 0 Å². The molecule has 9 heteroatoms. The van der Waals surface area contributed by atoms with Gasteiger partial charge in [-0.2, -0.15) is 0 Å². The van der Waals surface area contributed by atoms with E-state index in [1.54, 1.807) is 0 Å². The van der Waals surface area contributed by atoms with Crippen molar-refractivity contribution >= 4 is 23.8 Å². The number of nitrogens with one attached hydrogen (secondary N) is 3. The number of nitrogens with two attached hydrogens (primary N) is 1. The van der Waals surface area contributed by atoms with Gasteiger partial charge in [0.1, 0.15) is 6.04 Å². The molecule has 1 atom stereocenters. The molecular weight excluding hydrogens is 280 g/mol. The average Bonchev–Trinajstić information content (AvgIpc) is 3.23. The van der Waals surface area contributed by atoms with Crippen molar-refractivity contribution in [1.82, 2.24) is 16.0 Å². The van der Waals surface area contributed by atoms with Crippen molar-refractivity contribution in [3.8, 4) is 0 Å². The molecule has 0 aromatic heterocycles. The molecule has 4 amide bonds. The summed E-state index contributed by atoms with van der Waals surface area (Å²) >= 11 is 0. The number of hydrogen-bond acceptors (Lipinski definition) is 4. The molecule has 0 bridgehead atoms. The van der Waals surface area contributed by atoms with Crippen LogP contribution in [0.15, 0.2) is 0 Å². The van der Waals surface area contributed by atoms with Crippen LogP contribution in [0.3, 0.4) is 0 Å². The highest BCUT2D eigenvalue weighted by molar-refractivity contribution is 5.83. The lowest BCUT2D eigenvalue weighted by atomic mass is 10.1. The molecule has 9 nitrogen and oxygen atoms in total. The molecule has 1 fully saturated rings. The molecule has 0 aliphatic heterocycles. The Hall–Kier alpha value is -2.32. The Labute approximate surface area is 121 Å². The van der Waals surface area contributed by atoms with Gasteiger partial charge in [0.25, 0.3) is 0 Å². The minimum atomic E-state index is -1.24. The van der Waals surface area contributed by atoms with Crippen molar-refractivity contribution < 1.29 is 24.3 Å². The summed E-state index contributed by atoms with van der Waals surface area (Å²) < 4.78 is 0. The third-order valence-corrected chi connectivity index (χ3v) is 2.94. The highest BCUT2D eigenvalue weighted by Crippen LogP contribution is 2.28. The Bertz CT molecular complexity index is 422. The Morgan fingerprint density at radius 1 is 1.14 bits per heavy atom. The molecule has 0 saturated heterocycles. The predicted molar refractivity (Wildman–Crippen MR) is 72.1 cm³/mol. The SMILES string of the molecule is NC(=O)CCC(NC(=O)NCCNC(=O)C1CC1)C(=O)O. The fourth-order valence-corrected chi connectivity index (χ4v) is 1.60. The lowest BCUT2D eigenvalue weighted by molar-refractivity contribution is -0.139. The second kappa shape index (κ2) is 8.08. The van der Waals surface area contributed by atoms with E-state index in [1.807, 2.05) is 0 Å². The largest absolute Gasteiger partial charge is 0.480 e. The van der Waals surface area contributed by atoms with Crippen LogP contribution in [0.25, 0.3) is 0 Å². The fourth-order valence-electron chi connectivity index (χ4n) is 1.60. The van der Waals surface area contributed by atoms with Gasteiger partial charge in [-0.25, -0.2) is 9.59 Å². The van der Waals surface area contributed by atoms with Crippen LogP contribution in [0, 0.1) is 5.92 Å². The highest BCUT2D eigenvalue weighted by atomic mass is 16.4. The number of carbonyl (C=O) groups excluding carboxylic acids is 3. The lowest BCUT2D eigenvalue weighted by Gasteiger charge is -2.14. The summed E-state index contributed by atoms with van der Waals surface area (Å²) in [5, 5.41) is 16.2. The summed E-state index contributed by atoms with van der Waals surface area (Å²) in [7, 11) is 0. The molecule has 1 saturated carbocycles. The zero-order valence-corrected chi connectivity index (χ0v) is 11.6. The van der Waals surface area contributed by atoms with Gasteiger partial charge in [0.2, 0.25) is 11.8 Å². The number of hydrogen-bond donors (Lipinski definition) is 5. The third-order valence-electron chi connectivity index (χ3n) is 2.94. The summed E-state index contributed by atoms with van der Waals surface area (Å²) in [5.74, 6) is -1.80. The maximum atomic E-state index is 11.5. The van der Waals surface area contributed by atoms with Crippen LogP contribution in [-0.4, -0.2) is 48.1 Å². The molecule has 0 radical (unpaired) electrons. The second-order valence-electron chi connectivity index (χ2n) is 4.86. The van der Waals surface area contributed by atoms with Crippen LogP contribution in [0.5, 0.6) is 0 Å². The molecule has 1 unspecified atom stereocenters. The third kappa shape index (κ3) is 7.14. The van der Waals surface area contributed by atoms with E-state index in [-0.39, 0.29) is 37.8 Å². The number of urea groups is 1. The number of aliphatic carboxylic acids is 1. The normalized spacial score (nSPS) is 14.9. The van der Waals surface area contributed by atoms with E-state index in [2.05, 4.69) is 16.0 Å². The van der Waals surface area contributed by atoms with Gasteiger partial charge in [-0.1, -0.05) is 0 Å². The molecule has 1 aliphatic carbocycles. The van der Waals surface area contributed by atoms with E-state index < -0.39 is 23.9 Å². The first-order chi connectivity index (χ1) is 9.90. The fraction of sp³-hybridized carbons (Fsp3) is 0.667. The second-order valence-corrected chi connectivity index (χ2v) is 4.86. The number of carboxylic acid groups (broad SMARTS) is 1. The van der Waals surface area contributed by atoms with E-state index in [9.17, 15) is 19.2 Å². The maximum absolute atomic E-state index is 11.5. The zero-order valence-electron chi connectivity index (χ0n) is 11.6. The maximum Gasteiger partial charge on any atom is 0.326 e. The van der Waals surface area contributed by atoms with Gasteiger partial charge in [0, 0.05) is 25.4 Å². The summed E-state index contributed by atoms with van der Waals surface area (Å²) in [4.78, 5) is 44.3. The van der Waals surface area contributed by atoms with Crippen LogP contribution >= 0.6 is 0 Å². The molecule has 21 heavy (non-hydrogen) atoms. The monoisotopic (exact) mass is 300 g/mol. The van der Waals surface area contributed by atoms with E-state index in [0.29, 0.717) is 0 Å². The highest BCUT2D eigenvalue weighted by Gasteiger charge is 2.29. The summed E-state index contributed by atoms with van der Waals surface area (Å²) in [6.45, 7) is 0.466. The molecule has 118 valence electrons. The van der Waals surface area contributed by atoms with Crippen molar-refractivity contribution in [2.24, 2.45) is 11.7 Å². The summed E-state index contributed by atoms with van der Waals surface area (Å²) in [6, 6.07) is -1.86. The Morgan fingerprint density at radius 2 is 1.76 bits per heavy atom. The molecular formula is C12H20N4O5. The van der Waals surface area contributed by atoms with Crippen LogP contribution in [0.1, 0.15) is 25.7 Å². The Morgan fingerprint density at radius 3 is 2.29 bits per heavy atom. The zero-order chi connectivity index (χ0) is 15.8. The summed E-state index contributed by atoms with van der Waals surface area (Å²) in [5.41, 5.74) is 4.93. The molecule has 6 N–H and O–H groups in total. The van der Waals surface area contributed by atoms with Gasteiger partial charge < -0.3 is 26.8 Å². The van der Waals surface area contributed by atoms with E-state index in [1.165, 1.54) is 0 Å². The minimum Gasteiger partial charge on any atom is -0.480 e. The Balaban J connectivity index is 2.18. The van der Waals surface area contributed by atoms with Gasteiger partial charge >= 0.3 is 12.0 Å². The lowest BCUT2D eigenvalue weighted by Crippen LogP contribution is -2.47. The van der Waals surface area contributed by atoms with Crippen LogP contribution < -0.4 is 21.7 Å². The van der Waals surface area contributed by atoms with Crippen molar-refractivity contribution in [3.63, 3.8) is 0 Å². The average molecular weight is 300 g/mol. The van der Waals surface area contributed by atoms with Gasteiger partial charge in [-0.3, -0.25) is 9.59 Å².